The van der Waals surface area contributed by atoms with Gasteiger partial charge in [0, 0.05) is 23.8 Å². The number of benzene rings is 2. The molecule has 0 saturated carbocycles. The van der Waals surface area contributed by atoms with Crippen molar-refractivity contribution in [2.24, 2.45) is 5.73 Å². The molecule has 5 nitrogen and oxygen atoms in total. The van der Waals surface area contributed by atoms with Gasteiger partial charge in [0.1, 0.15) is 17.4 Å². The molecular weight excluding hydrogens is 282 g/mol. The van der Waals surface area contributed by atoms with Crippen LogP contribution in [0.1, 0.15) is 17.2 Å². The second kappa shape index (κ2) is 5.84. The number of non-ortho nitro benzene ring substituents is 1. The zero-order valence-corrected chi connectivity index (χ0v) is 11.0. The summed E-state index contributed by atoms with van der Waals surface area (Å²) in [6.07, 6.45) is 0. The molecule has 0 saturated heterocycles. The van der Waals surface area contributed by atoms with Crippen LogP contribution in [-0.2, 0) is 0 Å². The quantitative estimate of drug-likeness (QED) is 0.694. The first-order valence-corrected chi connectivity index (χ1v) is 5.96. The SMILES string of the molecule is COc1ccc([N+](=O)[O-])cc1C(N)c1cc(F)cc(F)c1. The lowest BCUT2D eigenvalue weighted by atomic mass is 9.98. The fourth-order valence-electron chi connectivity index (χ4n) is 2.01. The van der Waals surface area contributed by atoms with Crippen LogP contribution in [0.2, 0.25) is 0 Å². The Morgan fingerprint density at radius 2 is 1.81 bits per heavy atom. The van der Waals surface area contributed by atoms with Crippen LogP contribution in [0.4, 0.5) is 14.5 Å². The van der Waals surface area contributed by atoms with Crippen LogP contribution in [0.5, 0.6) is 5.75 Å². The van der Waals surface area contributed by atoms with Gasteiger partial charge in [-0.3, -0.25) is 10.1 Å². The van der Waals surface area contributed by atoms with E-state index in [2.05, 4.69) is 0 Å². The van der Waals surface area contributed by atoms with Crippen molar-refractivity contribution in [3.8, 4) is 5.75 Å². The van der Waals surface area contributed by atoms with Crippen molar-refractivity contribution in [1.29, 1.82) is 0 Å². The van der Waals surface area contributed by atoms with E-state index in [4.69, 9.17) is 10.5 Å². The zero-order chi connectivity index (χ0) is 15.6. The van der Waals surface area contributed by atoms with Crippen molar-refractivity contribution in [3.63, 3.8) is 0 Å². The maximum absolute atomic E-state index is 13.3. The smallest absolute Gasteiger partial charge is 0.270 e. The summed E-state index contributed by atoms with van der Waals surface area (Å²) in [4.78, 5) is 10.2. The summed E-state index contributed by atoms with van der Waals surface area (Å²) in [5.74, 6) is -1.24. The van der Waals surface area contributed by atoms with Crippen molar-refractivity contribution in [2.45, 2.75) is 6.04 Å². The molecule has 0 aliphatic heterocycles. The summed E-state index contributed by atoms with van der Waals surface area (Å²) in [5.41, 5.74) is 6.21. The Hall–Kier alpha value is -2.54. The highest BCUT2D eigenvalue weighted by Gasteiger charge is 2.19. The fraction of sp³-hybridized carbons (Fsp3) is 0.143. The van der Waals surface area contributed by atoms with Gasteiger partial charge in [-0.25, -0.2) is 8.78 Å². The molecule has 2 aromatic rings. The number of hydrogen-bond acceptors (Lipinski definition) is 4. The number of hydrogen-bond donors (Lipinski definition) is 1. The number of nitro benzene ring substituents is 1. The number of rotatable bonds is 4. The summed E-state index contributed by atoms with van der Waals surface area (Å²) >= 11 is 0. The lowest BCUT2D eigenvalue weighted by Gasteiger charge is -2.16. The van der Waals surface area contributed by atoms with Gasteiger partial charge in [0.05, 0.1) is 18.1 Å². The third kappa shape index (κ3) is 3.14. The van der Waals surface area contributed by atoms with Crippen molar-refractivity contribution in [3.05, 3.63) is 69.3 Å². The van der Waals surface area contributed by atoms with Crippen LogP contribution < -0.4 is 10.5 Å². The highest BCUT2D eigenvalue weighted by molar-refractivity contribution is 5.48. The Balaban J connectivity index is 2.52. The highest BCUT2D eigenvalue weighted by atomic mass is 19.1. The second-order valence-electron chi connectivity index (χ2n) is 4.36. The summed E-state index contributed by atoms with van der Waals surface area (Å²) in [5, 5.41) is 10.8. The minimum Gasteiger partial charge on any atom is -0.496 e. The first-order valence-electron chi connectivity index (χ1n) is 5.96. The summed E-state index contributed by atoms with van der Waals surface area (Å²) in [6, 6.07) is 5.81. The summed E-state index contributed by atoms with van der Waals surface area (Å²) in [6.45, 7) is 0. The number of nitro groups is 1. The standard InChI is InChI=1S/C14H12F2N2O3/c1-21-13-3-2-11(18(19)20)7-12(13)14(17)8-4-9(15)6-10(16)5-8/h2-7,14H,17H2,1H3. The Bertz CT molecular complexity index is 672. The average Bonchev–Trinajstić information content (AvgIpc) is 2.44. The van der Waals surface area contributed by atoms with E-state index in [9.17, 15) is 18.9 Å². The van der Waals surface area contributed by atoms with Crippen LogP contribution in [0.15, 0.2) is 36.4 Å². The Morgan fingerprint density at radius 1 is 1.19 bits per heavy atom. The predicted octanol–water partition coefficient (Wildman–Crippen LogP) is 2.93. The number of ether oxygens (including phenoxy) is 1. The molecule has 21 heavy (non-hydrogen) atoms. The van der Waals surface area contributed by atoms with Gasteiger partial charge in [-0.2, -0.15) is 0 Å². The monoisotopic (exact) mass is 294 g/mol. The summed E-state index contributed by atoms with van der Waals surface area (Å²) < 4.78 is 31.6. The molecule has 2 aromatic carbocycles. The molecular formula is C14H12F2N2O3. The largest absolute Gasteiger partial charge is 0.496 e. The van der Waals surface area contributed by atoms with Crippen LogP contribution in [0.3, 0.4) is 0 Å². The van der Waals surface area contributed by atoms with Crippen molar-refractivity contribution < 1.29 is 18.4 Å². The van der Waals surface area contributed by atoms with Crippen LogP contribution in [0, 0.1) is 21.7 Å². The fourth-order valence-corrected chi connectivity index (χ4v) is 2.01. The van der Waals surface area contributed by atoms with E-state index in [1.807, 2.05) is 0 Å². The Kier molecular flexibility index (Phi) is 4.13. The molecule has 1 unspecified atom stereocenters. The molecule has 0 radical (unpaired) electrons. The van der Waals surface area contributed by atoms with Gasteiger partial charge in [-0.05, 0) is 23.8 Å². The first kappa shape index (κ1) is 14.9. The third-order valence-electron chi connectivity index (χ3n) is 3.00. The maximum atomic E-state index is 13.3. The van der Waals surface area contributed by atoms with Gasteiger partial charge in [-0.15, -0.1) is 0 Å². The summed E-state index contributed by atoms with van der Waals surface area (Å²) in [7, 11) is 1.38. The Labute approximate surface area is 119 Å². The molecule has 0 heterocycles. The van der Waals surface area contributed by atoms with E-state index in [-0.39, 0.29) is 16.8 Å². The molecule has 0 aliphatic carbocycles. The van der Waals surface area contributed by atoms with Gasteiger partial charge in [0.25, 0.3) is 5.69 Å². The normalized spacial score (nSPS) is 12.0. The number of methoxy groups -OCH3 is 1. The minimum atomic E-state index is -0.954. The molecule has 0 aliphatic rings. The molecule has 0 amide bonds. The molecule has 0 bridgehead atoms. The molecule has 0 spiro atoms. The highest BCUT2D eigenvalue weighted by Crippen LogP contribution is 2.32. The van der Waals surface area contributed by atoms with Crippen LogP contribution >= 0.6 is 0 Å². The predicted molar refractivity (Wildman–Crippen MR) is 72.0 cm³/mol. The first-order chi connectivity index (χ1) is 9.92. The van der Waals surface area contributed by atoms with E-state index in [1.54, 1.807) is 0 Å². The number of nitrogens with two attached hydrogens (primary N) is 1. The lowest BCUT2D eigenvalue weighted by Crippen LogP contribution is -2.14. The molecule has 0 fully saturated rings. The van der Waals surface area contributed by atoms with Gasteiger partial charge >= 0.3 is 0 Å². The average molecular weight is 294 g/mol. The molecule has 7 heteroatoms. The molecule has 2 rings (SSSR count). The molecule has 2 N–H and O–H groups in total. The maximum Gasteiger partial charge on any atom is 0.270 e. The molecule has 0 aromatic heterocycles. The van der Waals surface area contributed by atoms with Gasteiger partial charge in [-0.1, -0.05) is 0 Å². The second-order valence-corrected chi connectivity index (χ2v) is 4.36. The minimum absolute atomic E-state index is 0.159. The Morgan fingerprint density at radius 3 is 2.33 bits per heavy atom. The molecule has 1 atom stereocenters. The van der Waals surface area contributed by atoms with Gasteiger partial charge in [0.2, 0.25) is 0 Å². The van der Waals surface area contributed by atoms with Crippen LogP contribution in [0.25, 0.3) is 0 Å². The van der Waals surface area contributed by atoms with Gasteiger partial charge < -0.3 is 10.5 Å². The molecule has 110 valence electrons. The number of halogens is 2. The topological polar surface area (TPSA) is 78.4 Å². The van der Waals surface area contributed by atoms with Crippen molar-refractivity contribution in [1.82, 2.24) is 0 Å². The van der Waals surface area contributed by atoms with Gasteiger partial charge in [0.15, 0.2) is 0 Å². The number of nitrogens with zero attached hydrogens (tertiary/aromatic N) is 1. The van der Waals surface area contributed by atoms with Crippen LogP contribution in [-0.4, -0.2) is 12.0 Å². The zero-order valence-electron chi connectivity index (χ0n) is 11.0. The van der Waals surface area contributed by atoms with Crippen molar-refractivity contribution in [2.75, 3.05) is 7.11 Å². The van der Waals surface area contributed by atoms with E-state index in [1.165, 1.54) is 25.3 Å². The van der Waals surface area contributed by atoms with E-state index >= 15 is 0 Å². The lowest BCUT2D eigenvalue weighted by molar-refractivity contribution is -0.384. The van der Waals surface area contributed by atoms with E-state index < -0.39 is 22.6 Å². The van der Waals surface area contributed by atoms with E-state index in [0.29, 0.717) is 5.75 Å². The van der Waals surface area contributed by atoms with Crippen molar-refractivity contribution >= 4 is 5.69 Å². The third-order valence-corrected chi connectivity index (χ3v) is 3.00. The van der Waals surface area contributed by atoms with E-state index in [0.717, 1.165) is 18.2 Å².